The SMILES string of the molecule is COC(=O)Cn1cc(C#N)c(=O)c2cc(C)ccc21. The van der Waals surface area contributed by atoms with Crippen LogP contribution in [0.1, 0.15) is 11.1 Å². The number of aromatic nitrogens is 1. The number of carbonyl (C=O) groups is 1. The Kier molecular flexibility index (Phi) is 3.34. The Balaban J connectivity index is 2.77. The second-order valence-electron chi connectivity index (χ2n) is 4.21. The molecule has 0 atom stereocenters. The predicted octanol–water partition coefficient (Wildman–Crippen LogP) is 1.35. The first-order chi connectivity index (χ1) is 9.06. The average molecular weight is 256 g/mol. The maximum Gasteiger partial charge on any atom is 0.325 e. The molecule has 0 aliphatic rings. The number of benzene rings is 1. The van der Waals surface area contributed by atoms with Crippen molar-refractivity contribution in [3.05, 3.63) is 45.7 Å². The number of carbonyl (C=O) groups excluding carboxylic acids is 1. The summed E-state index contributed by atoms with van der Waals surface area (Å²) in [6.45, 7) is 1.83. The fourth-order valence-electron chi connectivity index (χ4n) is 1.93. The van der Waals surface area contributed by atoms with Crippen molar-refractivity contribution in [1.29, 1.82) is 5.26 Å². The van der Waals surface area contributed by atoms with Crippen LogP contribution in [0.4, 0.5) is 0 Å². The van der Waals surface area contributed by atoms with Crippen LogP contribution in [0.25, 0.3) is 10.9 Å². The zero-order chi connectivity index (χ0) is 14.0. The molecule has 0 N–H and O–H groups in total. The summed E-state index contributed by atoms with van der Waals surface area (Å²) < 4.78 is 6.17. The molecule has 5 heteroatoms. The molecule has 0 saturated carbocycles. The minimum atomic E-state index is -0.436. The summed E-state index contributed by atoms with van der Waals surface area (Å²) in [6, 6.07) is 7.18. The van der Waals surface area contributed by atoms with Gasteiger partial charge in [0.25, 0.3) is 0 Å². The molecule has 1 heterocycles. The molecule has 0 bridgehead atoms. The Morgan fingerprint density at radius 1 is 1.47 bits per heavy atom. The summed E-state index contributed by atoms with van der Waals surface area (Å²) in [6.07, 6.45) is 1.39. The number of fused-ring (bicyclic) bond motifs is 1. The van der Waals surface area contributed by atoms with Crippen molar-refractivity contribution in [3.8, 4) is 6.07 Å². The van der Waals surface area contributed by atoms with Gasteiger partial charge in [-0.1, -0.05) is 11.6 Å². The van der Waals surface area contributed by atoms with Crippen LogP contribution in [0.15, 0.2) is 29.2 Å². The Morgan fingerprint density at radius 2 is 2.21 bits per heavy atom. The Morgan fingerprint density at radius 3 is 2.84 bits per heavy atom. The van der Waals surface area contributed by atoms with Gasteiger partial charge in [-0.2, -0.15) is 5.26 Å². The van der Waals surface area contributed by atoms with Crippen molar-refractivity contribution in [2.45, 2.75) is 13.5 Å². The molecular weight excluding hydrogens is 244 g/mol. The molecule has 0 saturated heterocycles. The quantitative estimate of drug-likeness (QED) is 0.760. The van der Waals surface area contributed by atoms with Gasteiger partial charge in [-0.05, 0) is 19.1 Å². The number of nitriles is 1. The summed E-state index contributed by atoms with van der Waals surface area (Å²) >= 11 is 0. The lowest BCUT2D eigenvalue weighted by Gasteiger charge is -2.10. The second-order valence-corrected chi connectivity index (χ2v) is 4.21. The maximum absolute atomic E-state index is 12.1. The van der Waals surface area contributed by atoms with Crippen LogP contribution in [0, 0.1) is 18.3 Å². The van der Waals surface area contributed by atoms with Gasteiger partial charge in [0, 0.05) is 11.6 Å². The largest absolute Gasteiger partial charge is 0.468 e. The van der Waals surface area contributed by atoms with Gasteiger partial charge in [0.05, 0.1) is 12.6 Å². The minimum Gasteiger partial charge on any atom is -0.468 e. The molecule has 2 aromatic rings. The van der Waals surface area contributed by atoms with Gasteiger partial charge in [-0.15, -0.1) is 0 Å². The molecule has 0 unspecified atom stereocenters. The van der Waals surface area contributed by atoms with E-state index < -0.39 is 5.97 Å². The topological polar surface area (TPSA) is 72.1 Å². The molecule has 0 spiro atoms. The lowest BCUT2D eigenvalue weighted by molar-refractivity contribution is -0.141. The highest BCUT2D eigenvalue weighted by atomic mass is 16.5. The van der Waals surface area contributed by atoms with Gasteiger partial charge in [-0.25, -0.2) is 0 Å². The lowest BCUT2D eigenvalue weighted by Crippen LogP contribution is -2.17. The molecule has 0 aliphatic carbocycles. The Bertz CT molecular complexity index is 754. The number of ether oxygens (including phenoxy) is 1. The van der Waals surface area contributed by atoms with E-state index in [2.05, 4.69) is 4.74 Å². The van der Waals surface area contributed by atoms with Gasteiger partial charge in [0.1, 0.15) is 18.2 Å². The number of nitrogens with zero attached hydrogens (tertiary/aromatic N) is 2. The number of hydrogen-bond donors (Lipinski definition) is 0. The van der Waals surface area contributed by atoms with Gasteiger partial charge >= 0.3 is 5.97 Å². The average Bonchev–Trinajstić information content (AvgIpc) is 2.41. The van der Waals surface area contributed by atoms with Crippen LogP contribution in [-0.4, -0.2) is 17.6 Å². The van der Waals surface area contributed by atoms with E-state index in [1.54, 1.807) is 16.7 Å². The normalized spacial score (nSPS) is 10.2. The van der Waals surface area contributed by atoms with Crippen molar-refractivity contribution in [2.24, 2.45) is 0 Å². The third-order valence-electron chi connectivity index (χ3n) is 2.88. The molecule has 1 aromatic heterocycles. The van der Waals surface area contributed by atoms with E-state index in [9.17, 15) is 9.59 Å². The van der Waals surface area contributed by atoms with E-state index >= 15 is 0 Å². The molecule has 0 radical (unpaired) electrons. The fraction of sp³-hybridized carbons (Fsp3) is 0.214. The third-order valence-corrected chi connectivity index (χ3v) is 2.88. The minimum absolute atomic E-state index is 0.0157. The highest BCUT2D eigenvalue weighted by molar-refractivity contribution is 5.82. The second kappa shape index (κ2) is 4.94. The van der Waals surface area contributed by atoms with Crippen molar-refractivity contribution in [1.82, 2.24) is 4.57 Å². The van der Waals surface area contributed by atoms with Gasteiger partial charge in [-0.3, -0.25) is 9.59 Å². The molecule has 19 heavy (non-hydrogen) atoms. The number of pyridine rings is 1. The van der Waals surface area contributed by atoms with Gasteiger partial charge in [0.15, 0.2) is 0 Å². The van der Waals surface area contributed by atoms with E-state index in [-0.39, 0.29) is 17.5 Å². The van der Waals surface area contributed by atoms with Crippen molar-refractivity contribution in [2.75, 3.05) is 7.11 Å². The van der Waals surface area contributed by atoms with E-state index in [1.165, 1.54) is 13.3 Å². The summed E-state index contributed by atoms with van der Waals surface area (Å²) in [7, 11) is 1.29. The first kappa shape index (κ1) is 12.8. The summed E-state index contributed by atoms with van der Waals surface area (Å²) in [5.41, 5.74) is 1.23. The summed E-state index contributed by atoms with van der Waals surface area (Å²) in [5.74, 6) is -0.436. The fourth-order valence-corrected chi connectivity index (χ4v) is 1.93. The monoisotopic (exact) mass is 256 g/mol. The van der Waals surface area contributed by atoms with Crippen LogP contribution in [-0.2, 0) is 16.1 Å². The van der Waals surface area contributed by atoms with Crippen molar-refractivity contribution >= 4 is 16.9 Å². The zero-order valence-corrected chi connectivity index (χ0v) is 10.6. The number of rotatable bonds is 2. The first-order valence-electron chi connectivity index (χ1n) is 5.67. The maximum atomic E-state index is 12.1. The molecule has 2 rings (SSSR count). The standard InChI is InChI=1S/C14H12N2O3/c1-9-3-4-12-11(5-9)14(18)10(6-15)7-16(12)8-13(17)19-2/h3-5,7H,8H2,1-2H3. The Hall–Kier alpha value is -2.61. The zero-order valence-electron chi connectivity index (χ0n) is 10.6. The van der Waals surface area contributed by atoms with Gasteiger partial charge < -0.3 is 9.30 Å². The van der Waals surface area contributed by atoms with Crippen LogP contribution < -0.4 is 5.43 Å². The third kappa shape index (κ3) is 2.33. The number of hydrogen-bond acceptors (Lipinski definition) is 4. The highest BCUT2D eigenvalue weighted by Gasteiger charge is 2.11. The predicted molar refractivity (Wildman–Crippen MR) is 69.7 cm³/mol. The smallest absolute Gasteiger partial charge is 0.325 e. The van der Waals surface area contributed by atoms with Crippen LogP contribution >= 0.6 is 0 Å². The van der Waals surface area contributed by atoms with Crippen LogP contribution in [0.2, 0.25) is 0 Å². The van der Waals surface area contributed by atoms with Crippen molar-refractivity contribution in [3.63, 3.8) is 0 Å². The molecular formula is C14H12N2O3. The Labute approximate surface area is 109 Å². The summed E-state index contributed by atoms with van der Waals surface area (Å²) in [5, 5.41) is 9.42. The number of esters is 1. The molecule has 96 valence electrons. The molecule has 1 aromatic carbocycles. The van der Waals surface area contributed by atoms with E-state index in [0.29, 0.717) is 10.9 Å². The first-order valence-corrected chi connectivity index (χ1v) is 5.67. The molecule has 0 fully saturated rings. The molecule has 5 nitrogen and oxygen atoms in total. The van der Waals surface area contributed by atoms with E-state index in [4.69, 9.17) is 5.26 Å². The summed E-state index contributed by atoms with van der Waals surface area (Å²) in [4.78, 5) is 23.4. The molecule has 0 amide bonds. The highest BCUT2D eigenvalue weighted by Crippen LogP contribution is 2.14. The molecule has 0 aliphatic heterocycles. The van der Waals surface area contributed by atoms with E-state index in [1.807, 2.05) is 19.1 Å². The number of methoxy groups -OCH3 is 1. The van der Waals surface area contributed by atoms with Crippen LogP contribution in [0.3, 0.4) is 0 Å². The van der Waals surface area contributed by atoms with E-state index in [0.717, 1.165) is 5.56 Å². The van der Waals surface area contributed by atoms with Crippen molar-refractivity contribution < 1.29 is 9.53 Å². The van der Waals surface area contributed by atoms with Crippen LogP contribution in [0.5, 0.6) is 0 Å². The number of aryl methyl sites for hydroxylation is 1. The van der Waals surface area contributed by atoms with Gasteiger partial charge in [0.2, 0.25) is 5.43 Å². The lowest BCUT2D eigenvalue weighted by atomic mass is 10.1.